The van der Waals surface area contributed by atoms with E-state index in [1.165, 1.54) is 0 Å². The van der Waals surface area contributed by atoms with Crippen LogP contribution in [0.4, 0.5) is 0 Å². The van der Waals surface area contributed by atoms with Crippen LogP contribution in [-0.4, -0.2) is 18.9 Å². The van der Waals surface area contributed by atoms with Gasteiger partial charge in [0.25, 0.3) is 0 Å². The number of nitrogens with one attached hydrogen (secondary N) is 2. The van der Waals surface area contributed by atoms with E-state index in [-0.39, 0.29) is 38.8 Å². The fourth-order valence-corrected chi connectivity index (χ4v) is 0.751. The molecule has 0 spiro atoms. The van der Waals surface area contributed by atoms with Crippen molar-refractivity contribution in [3.05, 3.63) is 0 Å². The molecule has 0 aliphatic carbocycles. The Morgan fingerprint density at radius 1 is 1.56 bits per heavy atom. The quantitative estimate of drug-likeness (QED) is 0.555. The van der Waals surface area contributed by atoms with Gasteiger partial charge in [-0.15, -0.1) is 0 Å². The molecule has 1 rings (SSSR count). The van der Waals surface area contributed by atoms with Gasteiger partial charge in [0.15, 0.2) is 0 Å². The second-order valence-electron chi connectivity index (χ2n) is 1.88. The van der Waals surface area contributed by atoms with Gasteiger partial charge < -0.3 is 4.79 Å². The van der Waals surface area contributed by atoms with Gasteiger partial charge in [-0.05, 0) is 6.42 Å². The monoisotopic (exact) mass is 202 g/mol. The first-order valence-electron chi connectivity index (χ1n) is 2.79. The maximum absolute atomic E-state index is 9.93. The van der Waals surface area contributed by atoms with E-state index in [4.69, 9.17) is 0 Å². The van der Waals surface area contributed by atoms with Gasteiger partial charge in [-0.2, -0.15) is 0 Å². The van der Waals surface area contributed by atoms with Crippen LogP contribution in [0.5, 0.6) is 0 Å². The average molecular weight is 202 g/mol. The molecule has 1 atom stereocenters. The Bertz CT molecular complexity index is 83.0. The van der Waals surface area contributed by atoms with Gasteiger partial charge >= 0.3 is 0 Å². The minimum atomic E-state index is -0.0799. The van der Waals surface area contributed by atoms with Crippen LogP contribution in [0.15, 0.2) is 0 Å². The van der Waals surface area contributed by atoms with Gasteiger partial charge in [0.1, 0.15) is 0 Å². The van der Waals surface area contributed by atoms with E-state index in [1.807, 2.05) is 6.29 Å². The fraction of sp³-hybridized carbons (Fsp3) is 0.800. The van der Waals surface area contributed by atoms with Gasteiger partial charge in [-0.1, -0.05) is 12.5 Å². The van der Waals surface area contributed by atoms with Crippen molar-refractivity contribution in [2.24, 2.45) is 0 Å². The smallest absolute Gasteiger partial charge is 0.00986 e. The van der Waals surface area contributed by atoms with Crippen molar-refractivity contribution in [1.29, 1.82) is 0 Å². The maximum atomic E-state index is 9.93. The zero-order valence-electron chi connectivity index (χ0n) is 5.18. The molecule has 0 aromatic rings. The minimum absolute atomic E-state index is 0. The van der Waals surface area contributed by atoms with Crippen LogP contribution in [0.25, 0.3) is 0 Å². The molecule has 1 fully saturated rings. The molecule has 0 aromatic heterocycles. The summed E-state index contributed by atoms with van der Waals surface area (Å²) < 4.78 is 0. The molecule has 0 bridgehead atoms. The fourth-order valence-electron chi connectivity index (χ4n) is 0.751. The van der Waals surface area contributed by atoms with Gasteiger partial charge in [-0.3, -0.25) is 10.9 Å². The molecule has 49 valence electrons. The summed E-state index contributed by atoms with van der Waals surface area (Å²) in [6.07, 6.45) is 3.86. The number of carbonyl (C=O) groups excluding carboxylic acids is 1. The molecule has 9 heavy (non-hydrogen) atoms. The molecule has 0 amide bonds. The SMILES string of the molecule is O=[C-]C1CCCNN1.[Y]. The van der Waals surface area contributed by atoms with Crippen molar-refractivity contribution >= 4 is 6.29 Å². The Hall–Kier alpha value is 0.694. The normalized spacial score (nSPS) is 26.4. The van der Waals surface area contributed by atoms with Gasteiger partial charge in [0.05, 0.1) is 0 Å². The summed E-state index contributed by atoms with van der Waals surface area (Å²) >= 11 is 0. The topological polar surface area (TPSA) is 41.1 Å². The summed E-state index contributed by atoms with van der Waals surface area (Å²) in [5, 5.41) is 0. The number of hydrogen-bond donors (Lipinski definition) is 2. The molecule has 1 unspecified atom stereocenters. The van der Waals surface area contributed by atoms with E-state index in [1.54, 1.807) is 0 Å². The second kappa shape index (κ2) is 5.48. The summed E-state index contributed by atoms with van der Waals surface area (Å²) in [6, 6.07) is -0.0799. The van der Waals surface area contributed by atoms with Crippen LogP contribution in [0.2, 0.25) is 0 Å². The summed E-state index contributed by atoms with van der Waals surface area (Å²) in [5.41, 5.74) is 5.67. The molecule has 1 aliphatic heterocycles. The molecule has 0 aromatic carbocycles. The van der Waals surface area contributed by atoms with E-state index in [2.05, 4.69) is 10.9 Å². The Labute approximate surface area is 79.8 Å². The molecule has 3 nitrogen and oxygen atoms in total. The van der Waals surface area contributed by atoms with Crippen LogP contribution in [0.3, 0.4) is 0 Å². The molecule has 2 N–H and O–H groups in total. The van der Waals surface area contributed by atoms with Gasteiger partial charge in [0.2, 0.25) is 0 Å². The van der Waals surface area contributed by atoms with Crippen molar-refractivity contribution in [3.8, 4) is 0 Å². The van der Waals surface area contributed by atoms with Crippen LogP contribution >= 0.6 is 0 Å². The Kier molecular flexibility index (Phi) is 5.90. The van der Waals surface area contributed by atoms with Crippen molar-refractivity contribution < 1.29 is 37.5 Å². The number of rotatable bonds is 1. The molecule has 4 heteroatoms. The number of hydrogen-bond acceptors (Lipinski definition) is 3. The Balaban J connectivity index is 0.000000640. The third-order valence-corrected chi connectivity index (χ3v) is 1.21. The van der Waals surface area contributed by atoms with E-state index in [9.17, 15) is 4.79 Å². The zero-order chi connectivity index (χ0) is 5.82. The average Bonchev–Trinajstić information content (AvgIpc) is 1.90. The van der Waals surface area contributed by atoms with Crippen molar-refractivity contribution in [2.75, 3.05) is 6.54 Å². The van der Waals surface area contributed by atoms with Crippen LogP contribution in [0, 0.1) is 0 Å². The molecule has 1 radical (unpaired) electrons. The van der Waals surface area contributed by atoms with Crippen molar-refractivity contribution in [3.63, 3.8) is 0 Å². The molecule has 1 saturated heterocycles. The van der Waals surface area contributed by atoms with Crippen molar-refractivity contribution in [2.45, 2.75) is 18.9 Å². The first-order chi connectivity index (χ1) is 3.93. The summed E-state index contributed by atoms with van der Waals surface area (Å²) in [7, 11) is 0. The first kappa shape index (κ1) is 9.69. The summed E-state index contributed by atoms with van der Waals surface area (Å²) in [6.45, 7) is 0.957. The third kappa shape index (κ3) is 3.41. The van der Waals surface area contributed by atoms with E-state index < -0.39 is 0 Å². The number of hydrazine groups is 1. The second-order valence-corrected chi connectivity index (χ2v) is 1.88. The van der Waals surface area contributed by atoms with Gasteiger partial charge in [0, 0.05) is 39.3 Å². The zero-order valence-corrected chi connectivity index (χ0v) is 8.02. The molecular formula is C5H9N2OY-. The first-order valence-corrected chi connectivity index (χ1v) is 2.79. The Morgan fingerprint density at radius 2 is 2.33 bits per heavy atom. The summed E-state index contributed by atoms with van der Waals surface area (Å²) in [5.74, 6) is 0. The van der Waals surface area contributed by atoms with Crippen LogP contribution in [-0.2, 0) is 37.5 Å². The maximum Gasteiger partial charge on any atom is 0.00986 e. The predicted molar refractivity (Wildman–Crippen MR) is 29.9 cm³/mol. The molecular weight excluding hydrogens is 193 g/mol. The van der Waals surface area contributed by atoms with E-state index >= 15 is 0 Å². The van der Waals surface area contributed by atoms with Crippen LogP contribution < -0.4 is 10.9 Å². The molecule has 1 aliphatic rings. The van der Waals surface area contributed by atoms with E-state index in [0.717, 1.165) is 19.4 Å². The molecule has 0 saturated carbocycles. The van der Waals surface area contributed by atoms with Gasteiger partial charge in [-0.25, -0.2) is 6.29 Å². The standard InChI is InChI=1S/C5H9N2O.Y/c8-4-5-2-1-3-6-7-5;/h5-7H,1-3H2;/q-1;. The molecule has 1 heterocycles. The third-order valence-electron chi connectivity index (χ3n) is 1.21. The Morgan fingerprint density at radius 3 is 2.67 bits per heavy atom. The van der Waals surface area contributed by atoms with Crippen molar-refractivity contribution in [1.82, 2.24) is 10.9 Å². The summed E-state index contributed by atoms with van der Waals surface area (Å²) in [4.78, 5) is 9.93. The predicted octanol–water partition coefficient (Wildman–Crippen LogP) is -0.650. The largest absolute Gasteiger partial charge is 0.540 e. The van der Waals surface area contributed by atoms with Crippen LogP contribution in [0.1, 0.15) is 12.8 Å². The van der Waals surface area contributed by atoms with E-state index in [0.29, 0.717) is 0 Å². The minimum Gasteiger partial charge on any atom is -0.540 e.